The van der Waals surface area contributed by atoms with Crippen LogP contribution in [0.15, 0.2) is 12.1 Å². The van der Waals surface area contributed by atoms with Crippen molar-refractivity contribution >= 4 is 11.9 Å². The molecule has 0 amide bonds. The lowest BCUT2D eigenvalue weighted by Gasteiger charge is -2.09. The molecule has 6 nitrogen and oxygen atoms in total. The first-order chi connectivity index (χ1) is 7.51. The number of esters is 1. The van der Waals surface area contributed by atoms with Gasteiger partial charge in [0.05, 0.1) is 14.2 Å². The van der Waals surface area contributed by atoms with Gasteiger partial charge in [-0.05, 0) is 6.07 Å². The summed E-state index contributed by atoms with van der Waals surface area (Å²) in [5, 5.41) is 18.1. The first-order valence-corrected chi connectivity index (χ1v) is 4.23. The van der Waals surface area contributed by atoms with E-state index in [4.69, 9.17) is 9.84 Å². The minimum atomic E-state index is -1.34. The van der Waals surface area contributed by atoms with Crippen molar-refractivity contribution in [1.82, 2.24) is 0 Å². The molecule has 0 saturated carbocycles. The number of rotatable bonds is 3. The van der Waals surface area contributed by atoms with E-state index in [1.807, 2.05) is 0 Å². The van der Waals surface area contributed by atoms with E-state index in [2.05, 4.69) is 4.74 Å². The molecule has 0 atom stereocenters. The molecule has 2 N–H and O–H groups in total. The van der Waals surface area contributed by atoms with Gasteiger partial charge in [-0.25, -0.2) is 9.59 Å². The largest absolute Gasteiger partial charge is 0.507 e. The summed E-state index contributed by atoms with van der Waals surface area (Å²) in [5.74, 6) is -2.50. The lowest BCUT2D eigenvalue weighted by Crippen LogP contribution is -2.07. The molecule has 0 aliphatic rings. The Kier molecular flexibility index (Phi) is 3.34. The van der Waals surface area contributed by atoms with Gasteiger partial charge < -0.3 is 19.7 Å². The molecule has 1 rings (SSSR count). The molecular weight excluding hydrogens is 216 g/mol. The summed E-state index contributed by atoms with van der Waals surface area (Å²) in [6, 6.07) is 2.05. The number of carbonyl (C=O) groups is 2. The quantitative estimate of drug-likeness (QED) is 0.743. The van der Waals surface area contributed by atoms with Gasteiger partial charge in [0.1, 0.15) is 22.6 Å². The van der Waals surface area contributed by atoms with E-state index in [1.54, 1.807) is 0 Å². The minimum Gasteiger partial charge on any atom is -0.507 e. The number of phenols is 1. The van der Waals surface area contributed by atoms with Crippen molar-refractivity contribution in [2.75, 3.05) is 14.2 Å². The smallest absolute Gasteiger partial charge is 0.341 e. The van der Waals surface area contributed by atoms with Gasteiger partial charge in [-0.2, -0.15) is 0 Å². The maximum absolute atomic E-state index is 11.3. The molecule has 0 aromatic heterocycles. The lowest BCUT2D eigenvalue weighted by atomic mass is 10.1. The van der Waals surface area contributed by atoms with Crippen LogP contribution in [0.3, 0.4) is 0 Å². The standard InChI is InChI=1S/C10H10O6/c1-15-8-4-7(11)5(9(12)13)3-6(8)10(14)16-2/h3-4,11H,1-2H3,(H,12,13). The predicted molar refractivity (Wildman–Crippen MR) is 53.0 cm³/mol. The molecule has 0 saturated heterocycles. The molecule has 0 spiro atoms. The first kappa shape index (κ1) is 11.8. The highest BCUT2D eigenvalue weighted by Crippen LogP contribution is 2.28. The Labute approximate surface area is 91.0 Å². The average molecular weight is 226 g/mol. The van der Waals surface area contributed by atoms with Crippen molar-refractivity contribution in [2.45, 2.75) is 0 Å². The number of hydrogen-bond donors (Lipinski definition) is 2. The van der Waals surface area contributed by atoms with Crippen LogP contribution in [0.25, 0.3) is 0 Å². The van der Waals surface area contributed by atoms with Crippen LogP contribution in [-0.4, -0.2) is 36.4 Å². The minimum absolute atomic E-state index is 0.0503. The maximum Gasteiger partial charge on any atom is 0.341 e. The van der Waals surface area contributed by atoms with E-state index in [0.717, 1.165) is 19.2 Å². The highest BCUT2D eigenvalue weighted by molar-refractivity contribution is 5.98. The molecule has 16 heavy (non-hydrogen) atoms. The Hall–Kier alpha value is -2.24. The molecule has 0 bridgehead atoms. The molecule has 1 aromatic rings. The summed E-state index contributed by atoms with van der Waals surface area (Å²) < 4.78 is 9.29. The zero-order valence-corrected chi connectivity index (χ0v) is 8.68. The van der Waals surface area contributed by atoms with Crippen LogP contribution in [0.4, 0.5) is 0 Å². The number of benzene rings is 1. The highest BCUT2D eigenvalue weighted by Gasteiger charge is 2.19. The molecule has 1 aromatic carbocycles. The summed E-state index contributed by atoms with van der Waals surface area (Å²) in [4.78, 5) is 22.0. The van der Waals surface area contributed by atoms with Crippen LogP contribution in [-0.2, 0) is 4.74 Å². The third kappa shape index (κ3) is 2.05. The van der Waals surface area contributed by atoms with E-state index in [9.17, 15) is 14.7 Å². The number of carboxylic acids is 1. The molecule has 0 fully saturated rings. The number of aromatic carboxylic acids is 1. The van der Waals surface area contributed by atoms with Crippen molar-refractivity contribution in [2.24, 2.45) is 0 Å². The number of carbonyl (C=O) groups excluding carboxylic acids is 1. The summed E-state index contributed by atoms with van der Waals surface area (Å²) in [6.07, 6.45) is 0. The molecular formula is C10H10O6. The van der Waals surface area contributed by atoms with Gasteiger partial charge in [-0.3, -0.25) is 0 Å². The number of hydrogen-bond acceptors (Lipinski definition) is 5. The second-order valence-corrected chi connectivity index (χ2v) is 2.87. The molecule has 0 aliphatic heterocycles. The Morgan fingerprint density at radius 1 is 1.19 bits per heavy atom. The Morgan fingerprint density at radius 2 is 1.81 bits per heavy atom. The SMILES string of the molecule is COC(=O)c1cc(C(=O)O)c(O)cc1OC. The predicted octanol–water partition coefficient (Wildman–Crippen LogP) is 0.886. The van der Waals surface area contributed by atoms with E-state index in [-0.39, 0.29) is 16.9 Å². The van der Waals surface area contributed by atoms with Gasteiger partial charge in [-0.15, -0.1) is 0 Å². The fourth-order valence-electron chi connectivity index (χ4n) is 1.18. The molecule has 0 heterocycles. The number of ether oxygens (including phenoxy) is 2. The zero-order valence-electron chi connectivity index (χ0n) is 8.68. The van der Waals surface area contributed by atoms with Crippen molar-refractivity contribution in [3.63, 3.8) is 0 Å². The molecule has 0 unspecified atom stereocenters. The monoisotopic (exact) mass is 226 g/mol. The average Bonchev–Trinajstić information content (AvgIpc) is 2.27. The Bertz CT molecular complexity index is 437. The lowest BCUT2D eigenvalue weighted by molar-refractivity contribution is 0.0597. The summed E-state index contributed by atoms with van der Waals surface area (Å²) in [5.41, 5.74) is -0.443. The number of aromatic hydroxyl groups is 1. The van der Waals surface area contributed by atoms with E-state index in [1.165, 1.54) is 7.11 Å². The highest BCUT2D eigenvalue weighted by atomic mass is 16.5. The van der Waals surface area contributed by atoms with E-state index >= 15 is 0 Å². The first-order valence-electron chi connectivity index (χ1n) is 4.23. The number of carboxylic acid groups (broad SMARTS) is 1. The van der Waals surface area contributed by atoms with Gasteiger partial charge in [-0.1, -0.05) is 0 Å². The summed E-state index contributed by atoms with van der Waals surface area (Å²) >= 11 is 0. The molecule has 86 valence electrons. The van der Waals surface area contributed by atoms with Crippen LogP contribution < -0.4 is 4.74 Å². The third-order valence-electron chi connectivity index (χ3n) is 1.95. The fraction of sp³-hybridized carbons (Fsp3) is 0.200. The topological polar surface area (TPSA) is 93.1 Å². The summed E-state index contributed by atoms with van der Waals surface area (Å²) in [7, 11) is 2.46. The van der Waals surface area contributed by atoms with Gasteiger partial charge in [0.2, 0.25) is 0 Å². The van der Waals surface area contributed by atoms with E-state index < -0.39 is 17.7 Å². The van der Waals surface area contributed by atoms with Crippen molar-refractivity contribution < 1.29 is 29.3 Å². The molecule has 0 radical (unpaired) electrons. The molecule has 6 heteroatoms. The van der Waals surface area contributed by atoms with Crippen LogP contribution in [0.5, 0.6) is 11.5 Å². The Morgan fingerprint density at radius 3 is 2.25 bits per heavy atom. The van der Waals surface area contributed by atoms with Crippen molar-refractivity contribution in [3.05, 3.63) is 23.3 Å². The van der Waals surface area contributed by atoms with Crippen LogP contribution in [0.1, 0.15) is 20.7 Å². The second kappa shape index (κ2) is 4.52. The van der Waals surface area contributed by atoms with Crippen LogP contribution in [0.2, 0.25) is 0 Å². The van der Waals surface area contributed by atoms with Crippen molar-refractivity contribution in [3.8, 4) is 11.5 Å². The number of methoxy groups -OCH3 is 2. The summed E-state index contributed by atoms with van der Waals surface area (Å²) in [6.45, 7) is 0. The maximum atomic E-state index is 11.3. The normalized spacial score (nSPS) is 9.62. The zero-order chi connectivity index (χ0) is 12.3. The van der Waals surface area contributed by atoms with Crippen LogP contribution in [0, 0.1) is 0 Å². The second-order valence-electron chi connectivity index (χ2n) is 2.87. The van der Waals surface area contributed by atoms with Gasteiger partial charge in [0, 0.05) is 6.07 Å². The van der Waals surface area contributed by atoms with Crippen LogP contribution >= 0.6 is 0 Å². The van der Waals surface area contributed by atoms with Gasteiger partial charge in [0.15, 0.2) is 0 Å². The fourth-order valence-corrected chi connectivity index (χ4v) is 1.18. The Balaban J connectivity index is 3.40. The van der Waals surface area contributed by atoms with Gasteiger partial charge >= 0.3 is 11.9 Å². The van der Waals surface area contributed by atoms with Crippen molar-refractivity contribution in [1.29, 1.82) is 0 Å². The van der Waals surface area contributed by atoms with Gasteiger partial charge in [0.25, 0.3) is 0 Å². The third-order valence-corrected chi connectivity index (χ3v) is 1.95. The van der Waals surface area contributed by atoms with E-state index in [0.29, 0.717) is 0 Å². The molecule has 0 aliphatic carbocycles.